The normalized spacial score (nSPS) is 24.1. The van der Waals surface area contributed by atoms with Crippen LogP contribution in [0.25, 0.3) is 0 Å². The molecule has 1 fully saturated rings. The third-order valence-electron chi connectivity index (χ3n) is 2.76. The largest absolute Gasteiger partial charge is 0.299 e. The molecule has 0 bridgehead atoms. The summed E-state index contributed by atoms with van der Waals surface area (Å²) in [5, 5.41) is 12.1. The molecule has 1 rings (SSSR count). The van der Waals surface area contributed by atoms with E-state index in [4.69, 9.17) is 5.26 Å². The van der Waals surface area contributed by atoms with Crippen LogP contribution < -0.4 is 5.32 Å². The van der Waals surface area contributed by atoms with Crippen molar-refractivity contribution in [3.63, 3.8) is 0 Å². The summed E-state index contributed by atoms with van der Waals surface area (Å²) in [5.74, 6) is -2.56. The fraction of sp³-hybridized carbons (Fsp3) is 0.900. The van der Waals surface area contributed by atoms with Crippen LogP contribution in [0.4, 0.5) is 8.78 Å². The van der Waals surface area contributed by atoms with Crippen molar-refractivity contribution in [2.24, 2.45) is 0 Å². The van der Waals surface area contributed by atoms with Gasteiger partial charge in [-0.15, -0.1) is 0 Å². The fourth-order valence-electron chi connectivity index (χ4n) is 1.73. The van der Waals surface area contributed by atoms with E-state index < -0.39 is 11.5 Å². The first-order chi connectivity index (χ1) is 6.54. The molecule has 0 spiro atoms. The van der Waals surface area contributed by atoms with Crippen LogP contribution in [0.2, 0.25) is 0 Å². The van der Waals surface area contributed by atoms with Crippen molar-refractivity contribution >= 4 is 0 Å². The number of halogens is 2. The number of nitriles is 1. The van der Waals surface area contributed by atoms with Crippen LogP contribution in [0.1, 0.15) is 39.0 Å². The van der Waals surface area contributed by atoms with Crippen LogP contribution in [0, 0.1) is 11.3 Å². The van der Waals surface area contributed by atoms with E-state index in [1.165, 1.54) is 0 Å². The molecule has 14 heavy (non-hydrogen) atoms. The van der Waals surface area contributed by atoms with E-state index >= 15 is 0 Å². The highest BCUT2D eigenvalue weighted by Gasteiger charge is 2.43. The number of hydrogen-bond acceptors (Lipinski definition) is 2. The molecular formula is C10H16F2N2. The predicted octanol–water partition coefficient (Wildman–Crippen LogP) is 2.46. The number of nitrogens with zero attached hydrogens (tertiary/aromatic N) is 1. The summed E-state index contributed by atoms with van der Waals surface area (Å²) in [5.41, 5.74) is -0.697. The lowest BCUT2D eigenvalue weighted by Gasteiger charge is -2.35. The summed E-state index contributed by atoms with van der Waals surface area (Å²) in [4.78, 5) is 0. The summed E-state index contributed by atoms with van der Waals surface area (Å²) < 4.78 is 25.7. The Balaban J connectivity index is 2.54. The van der Waals surface area contributed by atoms with Crippen LogP contribution in [-0.4, -0.2) is 18.0 Å². The van der Waals surface area contributed by atoms with Crippen molar-refractivity contribution < 1.29 is 8.78 Å². The molecule has 0 saturated heterocycles. The second-order valence-corrected chi connectivity index (χ2v) is 3.98. The van der Waals surface area contributed by atoms with Crippen LogP contribution >= 0.6 is 0 Å². The lowest BCUT2D eigenvalue weighted by Crippen LogP contribution is -2.49. The van der Waals surface area contributed by atoms with E-state index in [2.05, 4.69) is 11.4 Å². The number of rotatable bonds is 3. The molecule has 0 aromatic carbocycles. The van der Waals surface area contributed by atoms with Crippen molar-refractivity contribution in [1.82, 2.24) is 5.32 Å². The Bertz CT molecular complexity index is 223. The molecule has 80 valence electrons. The summed E-state index contributed by atoms with van der Waals surface area (Å²) in [6.45, 7) is 2.72. The average molecular weight is 202 g/mol. The molecule has 4 heteroatoms. The van der Waals surface area contributed by atoms with Gasteiger partial charge in [0.1, 0.15) is 5.54 Å². The molecule has 0 aliphatic heterocycles. The van der Waals surface area contributed by atoms with E-state index in [9.17, 15) is 8.78 Å². The average Bonchev–Trinajstić information content (AvgIpc) is 2.18. The molecule has 0 aromatic heterocycles. The molecule has 0 heterocycles. The van der Waals surface area contributed by atoms with Gasteiger partial charge in [0, 0.05) is 12.8 Å². The predicted molar refractivity (Wildman–Crippen MR) is 50.1 cm³/mol. The molecule has 1 aliphatic carbocycles. The standard InChI is InChI=1S/C10H16F2N2/c1-2-7-14-9(8-13)3-5-10(11,12)6-4-9/h14H,2-7H2,1H3. The van der Waals surface area contributed by atoms with Gasteiger partial charge >= 0.3 is 0 Å². The topological polar surface area (TPSA) is 35.8 Å². The summed E-state index contributed by atoms with van der Waals surface area (Å²) in [6, 6.07) is 2.15. The Morgan fingerprint density at radius 3 is 2.29 bits per heavy atom. The Labute approximate surface area is 83.3 Å². The van der Waals surface area contributed by atoms with Gasteiger partial charge in [0.15, 0.2) is 0 Å². The quantitative estimate of drug-likeness (QED) is 0.763. The maximum Gasteiger partial charge on any atom is 0.248 e. The van der Waals surface area contributed by atoms with E-state index in [-0.39, 0.29) is 25.7 Å². The first kappa shape index (κ1) is 11.4. The molecule has 0 aromatic rings. The second kappa shape index (κ2) is 4.22. The Morgan fingerprint density at radius 1 is 1.29 bits per heavy atom. The van der Waals surface area contributed by atoms with E-state index in [0.717, 1.165) is 13.0 Å². The van der Waals surface area contributed by atoms with Crippen molar-refractivity contribution in [3.05, 3.63) is 0 Å². The minimum Gasteiger partial charge on any atom is -0.299 e. The highest BCUT2D eigenvalue weighted by Crippen LogP contribution is 2.38. The molecule has 2 nitrogen and oxygen atoms in total. The van der Waals surface area contributed by atoms with E-state index in [1.54, 1.807) is 0 Å². The first-order valence-corrected chi connectivity index (χ1v) is 5.08. The van der Waals surface area contributed by atoms with Gasteiger partial charge < -0.3 is 0 Å². The number of nitrogens with one attached hydrogen (secondary N) is 1. The van der Waals surface area contributed by atoms with Crippen molar-refractivity contribution in [2.75, 3.05) is 6.54 Å². The Morgan fingerprint density at radius 2 is 1.86 bits per heavy atom. The van der Waals surface area contributed by atoms with Gasteiger partial charge in [-0.25, -0.2) is 8.78 Å². The van der Waals surface area contributed by atoms with E-state index in [0.29, 0.717) is 0 Å². The van der Waals surface area contributed by atoms with Gasteiger partial charge in [-0.05, 0) is 25.8 Å². The molecule has 1 aliphatic rings. The third kappa shape index (κ3) is 2.65. The maximum absolute atomic E-state index is 12.9. The Kier molecular flexibility index (Phi) is 3.43. The van der Waals surface area contributed by atoms with Gasteiger partial charge in [-0.3, -0.25) is 5.32 Å². The summed E-state index contributed by atoms with van der Waals surface area (Å²) in [7, 11) is 0. The highest BCUT2D eigenvalue weighted by molar-refractivity contribution is 5.10. The second-order valence-electron chi connectivity index (χ2n) is 3.98. The molecule has 0 radical (unpaired) electrons. The minimum absolute atomic E-state index is 0.169. The lowest BCUT2D eigenvalue weighted by molar-refractivity contribution is -0.0482. The number of hydrogen-bond donors (Lipinski definition) is 1. The molecule has 1 N–H and O–H groups in total. The monoisotopic (exact) mass is 202 g/mol. The highest BCUT2D eigenvalue weighted by atomic mass is 19.3. The minimum atomic E-state index is -2.56. The fourth-order valence-corrected chi connectivity index (χ4v) is 1.73. The van der Waals surface area contributed by atoms with Gasteiger partial charge in [0.2, 0.25) is 5.92 Å². The van der Waals surface area contributed by atoms with Gasteiger partial charge in [0.05, 0.1) is 6.07 Å². The van der Waals surface area contributed by atoms with Gasteiger partial charge in [-0.1, -0.05) is 6.92 Å². The van der Waals surface area contributed by atoms with Gasteiger partial charge in [-0.2, -0.15) is 5.26 Å². The molecule has 0 amide bonds. The third-order valence-corrected chi connectivity index (χ3v) is 2.76. The molecular weight excluding hydrogens is 186 g/mol. The van der Waals surface area contributed by atoms with Crippen LogP contribution in [0.15, 0.2) is 0 Å². The molecule has 0 atom stereocenters. The van der Waals surface area contributed by atoms with Crippen molar-refractivity contribution in [1.29, 1.82) is 5.26 Å². The maximum atomic E-state index is 12.9. The summed E-state index contributed by atoms with van der Waals surface area (Å²) >= 11 is 0. The zero-order valence-electron chi connectivity index (χ0n) is 8.45. The van der Waals surface area contributed by atoms with Gasteiger partial charge in [0.25, 0.3) is 0 Å². The van der Waals surface area contributed by atoms with Crippen LogP contribution in [-0.2, 0) is 0 Å². The SMILES string of the molecule is CCCNC1(C#N)CCC(F)(F)CC1. The molecule has 1 saturated carbocycles. The van der Waals surface area contributed by atoms with Crippen molar-refractivity contribution in [2.45, 2.75) is 50.5 Å². The zero-order chi connectivity index (χ0) is 10.7. The number of alkyl halides is 2. The lowest BCUT2D eigenvalue weighted by atomic mass is 9.81. The first-order valence-electron chi connectivity index (χ1n) is 5.08. The smallest absolute Gasteiger partial charge is 0.248 e. The van der Waals surface area contributed by atoms with Crippen molar-refractivity contribution in [3.8, 4) is 6.07 Å². The van der Waals surface area contributed by atoms with Crippen LogP contribution in [0.3, 0.4) is 0 Å². The van der Waals surface area contributed by atoms with E-state index in [1.807, 2.05) is 6.92 Å². The Hall–Kier alpha value is -0.690. The molecule has 0 unspecified atom stereocenters. The van der Waals surface area contributed by atoms with Crippen LogP contribution in [0.5, 0.6) is 0 Å². The summed E-state index contributed by atoms with van der Waals surface area (Å²) in [6.07, 6.45) is 1.10. The zero-order valence-corrected chi connectivity index (χ0v) is 8.45.